The summed E-state index contributed by atoms with van der Waals surface area (Å²) in [5.74, 6) is 0.421. The van der Waals surface area contributed by atoms with E-state index in [0.29, 0.717) is 5.82 Å². The van der Waals surface area contributed by atoms with E-state index in [1.807, 2.05) is 0 Å². The van der Waals surface area contributed by atoms with Crippen molar-refractivity contribution in [2.75, 3.05) is 32.2 Å². The number of hydrogen-bond acceptors (Lipinski definition) is 6. The highest BCUT2D eigenvalue weighted by molar-refractivity contribution is 7.92. The van der Waals surface area contributed by atoms with E-state index in [-0.39, 0.29) is 11.4 Å². The second kappa shape index (κ2) is 5.90. The molecule has 9 heteroatoms. The largest absolute Gasteiger partial charge is 0.369 e. The zero-order valence-corrected chi connectivity index (χ0v) is 14.4. The Bertz CT molecular complexity index is 693. The topological polar surface area (TPSA) is 96.4 Å². The van der Waals surface area contributed by atoms with E-state index in [1.54, 1.807) is 13.8 Å². The molecule has 0 aromatic carbocycles. The summed E-state index contributed by atoms with van der Waals surface area (Å²) in [6, 6.07) is 2.94. The molecular formula is C12H21N3O4S2. The molecule has 0 saturated carbocycles. The van der Waals surface area contributed by atoms with Crippen molar-refractivity contribution in [1.82, 2.24) is 9.29 Å². The van der Waals surface area contributed by atoms with Gasteiger partial charge in [-0.1, -0.05) is 0 Å². The van der Waals surface area contributed by atoms with Crippen LogP contribution < -0.4 is 5.32 Å². The third-order valence-corrected chi connectivity index (χ3v) is 7.16. The van der Waals surface area contributed by atoms with E-state index < -0.39 is 24.6 Å². The van der Waals surface area contributed by atoms with Crippen molar-refractivity contribution in [2.45, 2.75) is 23.5 Å². The molecule has 0 fully saturated rings. The Morgan fingerprint density at radius 3 is 2.14 bits per heavy atom. The maximum atomic E-state index is 11.9. The molecule has 21 heavy (non-hydrogen) atoms. The minimum absolute atomic E-state index is 0.0837. The van der Waals surface area contributed by atoms with Gasteiger partial charge in [-0.3, -0.25) is 0 Å². The average Bonchev–Trinajstić information content (AvgIpc) is 2.35. The van der Waals surface area contributed by atoms with E-state index in [9.17, 15) is 16.8 Å². The lowest BCUT2D eigenvalue weighted by Crippen LogP contribution is -2.38. The summed E-state index contributed by atoms with van der Waals surface area (Å²) in [4.78, 5) is 4.08. The number of hydrogen-bond donors (Lipinski definition) is 1. The van der Waals surface area contributed by atoms with E-state index in [1.165, 1.54) is 38.7 Å². The van der Waals surface area contributed by atoms with Crippen molar-refractivity contribution in [2.24, 2.45) is 0 Å². The third-order valence-electron chi connectivity index (χ3n) is 3.21. The van der Waals surface area contributed by atoms with E-state index in [4.69, 9.17) is 0 Å². The number of aromatic nitrogens is 1. The van der Waals surface area contributed by atoms with Crippen LogP contribution in [0.5, 0.6) is 0 Å². The van der Waals surface area contributed by atoms with Gasteiger partial charge in [0, 0.05) is 33.1 Å². The lowest BCUT2D eigenvalue weighted by Gasteiger charge is -2.23. The fourth-order valence-electron chi connectivity index (χ4n) is 1.28. The standard InChI is InChI=1S/C12H21N3O4S2/c1-12(2,20(5,16)17)9-14-11-7-6-10(8-13-11)21(18,19)15(3)4/h6-8H,9H2,1-5H3,(H,13,14). The summed E-state index contributed by atoms with van der Waals surface area (Å²) in [7, 11) is -3.84. The fourth-order valence-corrected chi connectivity index (χ4v) is 2.46. The molecule has 0 saturated heterocycles. The molecule has 7 nitrogen and oxygen atoms in total. The Hall–Kier alpha value is -1.19. The summed E-state index contributed by atoms with van der Waals surface area (Å²) in [6.45, 7) is 3.40. The maximum absolute atomic E-state index is 11.9. The second-order valence-corrected chi connectivity index (χ2v) is 10.4. The molecular weight excluding hydrogens is 314 g/mol. The number of sulfone groups is 1. The number of nitrogens with one attached hydrogen (secondary N) is 1. The SMILES string of the molecule is CN(C)S(=O)(=O)c1ccc(NCC(C)(C)S(C)(=O)=O)nc1. The van der Waals surface area contributed by atoms with Crippen LogP contribution in [-0.4, -0.2) is 57.8 Å². The van der Waals surface area contributed by atoms with Crippen molar-refractivity contribution < 1.29 is 16.8 Å². The smallest absolute Gasteiger partial charge is 0.244 e. The highest BCUT2D eigenvalue weighted by atomic mass is 32.2. The monoisotopic (exact) mass is 335 g/mol. The van der Waals surface area contributed by atoms with Gasteiger partial charge in [-0.2, -0.15) is 0 Å². The Morgan fingerprint density at radius 1 is 1.19 bits per heavy atom. The molecule has 0 aliphatic rings. The second-order valence-electron chi connectivity index (χ2n) is 5.55. The highest BCUT2D eigenvalue weighted by Gasteiger charge is 2.30. The summed E-state index contributed by atoms with van der Waals surface area (Å²) < 4.78 is 47.1. The molecule has 0 unspecified atom stereocenters. The van der Waals surface area contributed by atoms with Gasteiger partial charge >= 0.3 is 0 Å². The summed E-state index contributed by atoms with van der Waals surface area (Å²) in [6.07, 6.45) is 2.42. The van der Waals surface area contributed by atoms with Crippen molar-refractivity contribution >= 4 is 25.7 Å². The number of rotatable bonds is 6. The van der Waals surface area contributed by atoms with Crippen LogP contribution in [0.25, 0.3) is 0 Å². The number of sulfonamides is 1. The van der Waals surface area contributed by atoms with Crippen LogP contribution >= 0.6 is 0 Å². The Labute approximate surface area is 126 Å². The van der Waals surface area contributed by atoms with E-state index in [2.05, 4.69) is 10.3 Å². The van der Waals surface area contributed by atoms with Crippen molar-refractivity contribution in [3.63, 3.8) is 0 Å². The van der Waals surface area contributed by atoms with Gasteiger partial charge in [0.2, 0.25) is 10.0 Å². The molecule has 0 amide bonds. The summed E-state index contributed by atoms with van der Waals surface area (Å²) >= 11 is 0. The zero-order chi connectivity index (χ0) is 16.5. The predicted molar refractivity (Wildman–Crippen MR) is 82.5 cm³/mol. The normalized spacial score (nSPS) is 13.4. The Kier molecular flexibility index (Phi) is 5.01. The maximum Gasteiger partial charge on any atom is 0.244 e. The van der Waals surface area contributed by atoms with E-state index in [0.717, 1.165) is 4.31 Å². The number of anilines is 1. The number of pyridine rings is 1. The molecule has 1 aromatic heterocycles. The Morgan fingerprint density at radius 2 is 1.76 bits per heavy atom. The molecule has 120 valence electrons. The van der Waals surface area contributed by atoms with Crippen LogP contribution in [0.3, 0.4) is 0 Å². The molecule has 0 spiro atoms. The van der Waals surface area contributed by atoms with Crippen molar-refractivity contribution in [1.29, 1.82) is 0 Å². The molecule has 1 aromatic rings. The molecule has 1 rings (SSSR count). The summed E-state index contributed by atoms with van der Waals surface area (Å²) in [5.41, 5.74) is 0. The van der Waals surface area contributed by atoms with Crippen LogP contribution in [-0.2, 0) is 19.9 Å². The van der Waals surface area contributed by atoms with Crippen LogP contribution in [0.4, 0.5) is 5.82 Å². The molecule has 0 bridgehead atoms. The van der Waals surface area contributed by atoms with Crippen LogP contribution in [0.1, 0.15) is 13.8 Å². The molecule has 1 heterocycles. The first-order chi connectivity index (χ1) is 9.38. The number of nitrogens with zero attached hydrogens (tertiary/aromatic N) is 2. The van der Waals surface area contributed by atoms with Crippen LogP contribution in [0, 0.1) is 0 Å². The van der Waals surface area contributed by atoms with Gasteiger partial charge in [0.15, 0.2) is 9.84 Å². The Balaban J connectivity index is 2.87. The first-order valence-electron chi connectivity index (χ1n) is 6.20. The highest BCUT2D eigenvalue weighted by Crippen LogP contribution is 2.17. The van der Waals surface area contributed by atoms with Crippen LogP contribution in [0.2, 0.25) is 0 Å². The molecule has 0 aliphatic heterocycles. The van der Waals surface area contributed by atoms with Crippen molar-refractivity contribution in [3.05, 3.63) is 18.3 Å². The molecule has 0 atom stereocenters. The lowest BCUT2D eigenvalue weighted by atomic mass is 10.2. The van der Waals surface area contributed by atoms with Crippen LogP contribution in [0.15, 0.2) is 23.2 Å². The predicted octanol–water partition coefficient (Wildman–Crippen LogP) is 0.567. The van der Waals surface area contributed by atoms with Gasteiger partial charge in [-0.05, 0) is 26.0 Å². The van der Waals surface area contributed by atoms with Gasteiger partial charge in [0.25, 0.3) is 0 Å². The average molecular weight is 335 g/mol. The van der Waals surface area contributed by atoms with Gasteiger partial charge < -0.3 is 5.32 Å². The lowest BCUT2D eigenvalue weighted by molar-refractivity contribution is 0.520. The minimum Gasteiger partial charge on any atom is -0.369 e. The first kappa shape index (κ1) is 17.9. The minimum atomic E-state index is -3.51. The van der Waals surface area contributed by atoms with Gasteiger partial charge in [-0.15, -0.1) is 0 Å². The molecule has 0 radical (unpaired) electrons. The zero-order valence-electron chi connectivity index (χ0n) is 12.8. The van der Waals surface area contributed by atoms with Gasteiger partial charge in [0.05, 0.1) is 4.75 Å². The quantitative estimate of drug-likeness (QED) is 0.816. The molecule has 0 aliphatic carbocycles. The first-order valence-corrected chi connectivity index (χ1v) is 9.53. The van der Waals surface area contributed by atoms with E-state index >= 15 is 0 Å². The fraction of sp³-hybridized carbons (Fsp3) is 0.583. The van der Waals surface area contributed by atoms with Gasteiger partial charge in [-0.25, -0.2) is 26.1 Å². The van der Waals surface area contributed by atoms with Crippen molar-refractivity contribution in [3.8, 4) is 0 Å². The third kappa shape index (κ3) is 4.14. The molecule has 1 N–H and O–H groups in total. The summed E-state index contributed by atoms with van der Waals surface area (Å²) in [5, 5.41) is 2.90. The van der Waals surface area contributed by atoms with Gasteiger partial charge in [0.1, 0.15) is 10.7 Å².